The molecule has 1 heterocycles. The molecule has 1 aromatic rings. The average Bonchev–Trinajstić information content (AvgIpc) is 2.71. The Morgan fingerprint density at radius 3 is 2.29 bits per heavy atom. The number of carbonyl (C=O) groups is 3. The molecule has 0 aliphatic carbocycles. The van der Waals surface area contributed by atoms with Gasteiger partial charge in [0.05, 0.1) is 0 Å². The van der Waals surface area contributed by atoms with Crippen molar-refractivity contribution in [3.63, 3.8) is 0 Å². The van der Waals surface area contributed by atoms with Crippen LogP contribution in [0.1, 0.15) is 64.7 Å². The van der Waals surface area contributed by atoms with E-state index in [0.717, 1.165) is 32.4 Å². The summed E-state index contributed by atoms with van der Waals surface area (Å²) in [4.78, 5) is 38.8. The van der Waals surface area contributed by atoms with Gasteiger partial charge in [0.2, 0.25) is 11.8 Å². The summed E-state index contributed by atoms with van der Waals surface area (Å²) in [6, 6.07) is 4.18. The van der Waals surface area contributed by atoms with E-state index in [-0.39, 0.29) is 17.6 Å². The largest absolute Gasteiger partial charge is 0.344 e. The second-order valence-electron chi connectivity index (χ2n) is 8.22. The van der Waals surface area contributed by atoms with Gasteiger partial charge in [0.15, 0.2) is 0 Å². The first kappa shape index (κ1) is 25.6. The molecule has 2 amide bonds. The van der Waals surface area contributed by atoms with E-state index in [1.807, 2.05) is 0 Å². The maximum absolute atomic E-state index is 12.9. The minimum atomic E-state index is -0.649. The van der Waals surface area contributed by atoms with E-state index in [0.29, 0.717) is 41.5 Å². The number of anilines is 1. The fourth-order valence-electron chi connectivity index (χ4n) is 3.73. The van der Waals surface area contributed by atoms with Gasteiger partial charge in [-0.1, -0.05) is 42.5 Å². The highest BCUT2D eigenvalue weighted by atomic mass is 35.5. The van der Waals surface area contributed by atoms with Crippen LogP contribution in [0.25, 0.3) is 0 Å². The van der Waals surface area contributed by atoms with Crippen LogP contribution in [0.2, 0.25) is 10.0 Å². The lowest BCUT2D eigenvalue weighted by Gasteiger charge is -2.26. The number of carbonyl (C=O) groups excluding carboxylic acids is 3. The van der Waals surface area contributed by atoms with Crippen LogP contribution >= 0.6 is 23.2 Å². The number of halogens is 2. The molecule has 0 radical (unpaired) electrons. The molecule has 1 aliphatic heterocycles. The van der Waals surface area contributed by atoms with Crippen LogP contribution in [0.3, 0.4) is 0 Å². The maximum Gasteiger partial charge on any atom is 0.246 e. The van der Waals surface area contributed by atoms with Crippen molar-refractivity contribution in [3.8, 4) is 0 Å². The fraction of sp³-hybridized carbons (Fsp3) is 0.609. The van der Waals surface area contributed by atoms with E-state index in [4.69, 9.17) is 23.2 Å². The van der Waals surface area contributed by atoms with Crippen molar-refractivity contribution in [1.29, 1.82) is 0 Å². The summed E-state index contributed by atoms with van der Waals surface area (Å²) in [6.45, 7) is 4.35. The molecule has 1 saturated heterocycles. The molecule has 8 heteroatoms. The highest BCUT2D eigenvalue weighted by Gasteiger charge is 2.21. The second kappa shape index (κ2) is 13.7. The van der Waals surface area contributed by atoms with Gasteiger partial charge in [0.25, 0.3) is 0 Å². The molecule has 0 aromatic heterocycles. The van der Waals surface area contributed by atoms with Crippen LogP contribution in [0.4, 0.5) is 5.69 Å². The van der Waals surface area contributed by atoms with Crippen molar-refractivity contribution >= 4 is 46.5 Å². The zero-order chi connectivity index (χ0) is 22.6. The molecule has 6 nitrogen and oxygen atoms in total. The van der Waals surface area contributed by atoms with E-state index >= 15 is 0 Å². The topological polar surface area (TPSA) is 78.5 Å². The number of hydrogen-bond donors (Lipinski definition) is 2. The van der Waals surface area contributed by atoms with Gasteiger partial charge in [0.1, 0.15) is 11.8 Å². The highest BCUT2D eigenvalue weighted by molar-refractivity contribution is 6.35. The first-order valence-corrected chi connectivity index (χ1v) is 11.9. The van der Waals surface area contributed by atoms with E-state index in [2.05, 4.69) is 15.5 Å². The Kier molecular flexibility index (Phi) is 11.3. The Hall–Kier alpha value is -1.63. The predicted octanol–water partition coefficient (Wildman–Crippen LogP) is 4.83. The molecular weight excluding hydrogens is 437 g/mol. The van der Waals surface area contributed by atoms with Gasteiger partial charge in [-0.15, -0.1) is 0 Å². The van der Waals surface area contributed by atoms with Crippen molar-refractivity contribution in [1.82, 2.24) is 10.2 Å². The molecule has 2 rings (SSSR count). The fourth-order valence-corrected chi connectivity index (χ4v) is 4.26. The number of nitrogens with one attached hydrogen (secondary N) is 2. The maximum atomic E-state index is 12.9. The first-order valence-electron chi connectivity index (χ1n) is 11.1. The first-order chi connectivity index (χ1) is 14.8. The Labute approximate surface area is 195 Å². The Balaban J connectivity index is 1.91. The van der Waals surface area contributed by atoms with Crippen LogP contribution in [0.15, 0.2) is 18.2 Å². The minimum Gasteiger partial charge on any atom is -0.344 e. The normalized spacial score (nSPS) is 15.3. The standard InChI is InChI=1S/C23H33Cl2N3O3/c1-17(29)8-4-2-5-9-21(23(31)26-20-15-18(24)14-19(25)16-20)27-22(30)10-13-28-11-6-3-7-12-28/h14-16,21H,2-13H2,1H3,(H,26,31)(H,27,30). The Morgan fingerprint density at radius 2 is 1.65 bits per heavy atom. The summed E-state index contributed by atoms with van der Waals surface area (Å²) in [5, 5.41) is 6.55. The molecule has 0 spiro atoms. The number of nitrogens with zero attached hydrogens (tertiary/aromatic N) is 1. The monoisotopic (exact) mass is 469 g/mol. The molecule has 1 atom stereocenters. The van der Waals surface area contributed by atoms with E-state index in [1.54, 1.807) is 25.1 Å². The zero-order valence-electron chi connectivity index (χ0n) is 18.2. The number of benzene rings is 1. The van der Waals surface area contributed by atoms with Gasteiger partial charge in [-0.05, 0) is 63.9 Å². The van der Waals surface area contributed by atoms with Crippen molar-refractivity contribution in [2.75, 3.05) is 25.0 Å². The van der Waals surface area contributed by atoms with Crippen molar-refractivity contribution in [2.24, 2.45) is 0 Å². The number of likely N-dealkylation sites (tertiary alicyclic amines) is 1. The molecule has 1 unspecified atom stereocenters. The van der Waals surface area contributed by atoms with Gasteiger partial charge in [-0.25, -0.2) is 0 Å². The van der Waals surface area contributed by atoms with Gasteiger partial charge >= 0.3 is 0 Å². The SMILES string of the molecule is CC(=O)CCCCCC(NC(=O)CCN1CCCCC1)C(=O)Nc1cc(Cl)cc(Cl)c1. The Morgan fingerprint density at radius 1 is 0.968 bits per heavy atom. The van der Waals surface area contributed by atoms with Crippen LogP contribution in [-0.4, -0.2) is 48.2 Å². The van der Waals surface area contributed by atoms with Crippen LogP contribution in [-0.2, 0) is 14.4 Å². The zero-order valence-corrected chi connectivity index (χ0v) is 19.7. The van der Waals surface area contributed by atoms with E-state index < -0.39 is 6.04 Å². The number of rotatable bonds is 12. The third-order valence-electron chi connectivity index (χ3n) is 5.41. The molecule has 172 valence electrons. The smallest absolute Gasteiger partial charge is 0.246 e. The molecule has 0 bridgehead atoms. The van der Waals surface area contributed by atoms with Crippen molar-refractivity contribution in [2.45, 2.75) is 70.8 Å². The third-order valence-corrected chi connectivity index (χ3v) is 5.84. The number of amides is 2. The summed E-state index contributed by atoms with van der Waals surface area (Å²) >= 11 is 12.0. The summed E-state index contributed by atoms with van der Waals surface area (Å²) < 4.78 is 0. The molecule has 2 N–H and O–H groups in total. The number of piperidine rings is 1. The molecule has 0 saturated carbocycles. The number of Topliss-reactive ketones (excluding diaryl/α,β-unsaturated/α-hetero) is 1. The van der Waals surface area contributed by atoms with Crippen LogP contribution < -0.4 is 10.6 Å². The highest BCUT2D eigenvalue weighted by Crippen LogP contribution is 2.23. The molecular formula is C23H33Cl2N3O3. The van der Waals surface area contributed by atoms with E-state index in [1.165, 1.54) is 19.3 Å². The number of ketones is 1. The summed E-state index contributed by atoms with van der Waals surface area (Å²) in [6.07, 6.45) is 7.39. The van der Waals surface area contributed by atoms with Crippen LogP contribution in [0, 0.1) is 0 Å². The lowest BCUT2D eigenvalue weighted by Crippen LogP contribution is -2.45. The quantitative estimate of drug-likeness (QED) is 0.429. The van der Waals surface area contributed by atoms with Gasteiger partial charge in [-0.3, -0.25) is 9.59 Å². The van der Waals surface area contributed by atoms with Crippen molar-refractivity contribution < 1.29 is 14.4 Å². The van der Waals surface area contributed by atoms with Gasteiger partial charge in [-0.2, -0.15) is 0 Å². The molecule has 1 aliphatic rings. The van der Waals surface area contributed by atoms with Gasteiger partial charge in [0, 0.05) is 35.1 Å². The Bertz CT molecular complexity index is 731. The summed E-state index contributed by atoms with van der Waals surface area (Å²) in [7, 11) is 0. The molecule has 1 aromatic carbocycles. The predicted molar refractivity (Wildman–Crippen MR) is 126 cm³/mol. The average molecular weight is 470 g/mol. The van der Waals surface area contributed by atoms with Gasteiger partial charge < -0.3 is 20.3 Å². The third kappa shape index (κ3) is 10.5. The number of hydrogen-bond acceptors (Lipinski definition) is 4. The lowest BCUT2D eigenvalue weighted by molar-refractivity contribution is -0.126. The number of unbranched alkanes of at least 4 members (excludes halogenated alkanes) is 2. The molecule has 1 fully saturated rings. The van der Waals surface area contributed by atoms with Crippen molar-refractivity contribution in [3.05, 3.63) is 28.2 Å². The van der Waals surface area contributed by atoms with Crippen LogP contribution in [0.5, 0.6) is 0 Å². The lowest BCUT2D eigenvalue weighted by atomic mass is 10.0. The summed E-state index contributed by atoms with van der Waals surface area (Å²) in [5.41, 5.74) is 0.492. The van der Waals surface area contributed by atoms with E-state index in [9.17, 15) is 14.4 Å². The second-order valence-corrected chi connectivity index (χ2v) is 9.09. The molecule has 31 heavy (non-hydrogen) atoms. The summed E-state index contributed by atoms with van der Waals surface area (Å²) in [5.74, 6) is -0.257. The minimum absolute atomic E-state index is 0.126.